The monoisotopic (exact) mass is 224 g/mol. The standard InChI is InChI=1S/C4H7F3O5S/c1-2-3(11-4(5,6)7)12-13(8,9)10/h3H,2H2,1H3,(H,8,9,10). The van der Waals surface area contributed by atoms with Gasteiger partial charge in [-0.05, 0) is 6.42 Å². The van der Waals surface area contributed by atoms with Gasteiger partial charge in [0, 0.05) is 0 Å². The van der Waals surface area contributed by atoms with Crippen molar-refractivity contribution in [2.45, 2.75) is 26.0 Å². The van der Waals surface area contributed by atoms with E-state index < -0.39 is 23.1 Å². The molecular formula is C4H7F3O5S. The smallest absolute Gasteiger partial charge is 0.263 e. The number of hydrogen-bond acceptors (Lipinski definition) is 4. The van der Waals surface area contributed by atoms with Crippen LogP contribution in [0, 0.1) is 0 Å². The van der Waals surface area contributed by atoms with E-state index in [1.165, 1.54) is 6.92 Å². The molecule has 1 unspecified atom stereocenters. The third-order valence-corrected chi connectivity index (χ3v) is 1.29. The second-order valence-electron chi connectivity index (χ2n) is 1.93. The van der Waals surface area contributed by atoms with Gasteiger partial charge in [-0.15, -0.1) is 13.2 Å². The fraction of sp³-hybridized carbons (Fsp3) is 1.00. The molecule has 1 atom stereocenters. The molecule has 0 fully saturated rings. The van der Waals surface area contributed by atoms with E-state index in [0.29, 0.717) is 0 Å². The van der Waals surface area contributed by atoms with Gasteiger partial charge < -0.3 is 0 Å². The van der Waals surface area contributed by atoms with Crippen LogP contribution in [0.15, 0.2) is 0 Å². The Hall–Kier alpha value is -0.380. The SMILES string of the molecule is CCC(OC(F)(F)F)OS(=O)(=O)O. The lowest BCUT2D eigenvalue weighted by Crippen LogP contribution is -2.27. The molecule has 0 aliphatic rings. The number of hydrogen-bond donors (Lipinski definition) is 1. The van der Waals surface area contributed by atoms with Crippen LogP contribution < -0.4 is 0 Å². The molecule has 0 bridgehead atoms. The molecule has 0 aromatic heterocycles. The molecule has 5 nitrogen and oxygen atoms in total. The predicted molar refractivity (Wildman–Crippen MR) is 33.9 cm³/mol. The van der Waals surface area contributed by atoms with Crippen LogP contribution in [0.25, 0.3) is 0 Å². The molecular weight excluding hydrogens is 217 g/mol. The Morgan fingerprint density at radius 2 is 1.92 bits per heavy atom. The maximum absolute atomic E-state index is 11.5. The van der Waals surface area contributed by atoms with Gasteiger partial charge in [-0.1, -0.05) is 6.92 Å². The minimum Gasteiger partial charge on any atom is -0.263 e. The first-order valence-corrected chi connectivity index (χ1v) is 4.41. The Labute approximate surface area is 72.4 Å². The van der Waals surface area contributed by atoms with Gasteiger partial charge in [0.05, 0.1) is 0 Å². The average molecular weight is 224 g/mol. The van der Waals surface area contributed by atoms with Crippen LogP contribution in [0.4, 0.5) is 13.2 Å². The zero-order valence-electron chi connectivity index (χ0n) is 6.41. The Kier molecular flexibility index (Phi) is 4.10. The molecule has 0 radical (unpaired) electrons. The molecule has 0 aliphatic heterocycles. The van der Waals surface area contributed by atoms with Gasteiger partial charge in [-0.3, -0.25) is 9.29 Å². The molecule has 80 valence electrons. The van der Waals surface area contributed by atoms with Crippen molar-refractivity contribution in [3.05, 3.63) is 0 Å². The third kappa shape index (κ3) is 7.96. The van der Waals surface area contributed by atoms with E-state index in [1.807, 2.05) is 0 Å². The number of halogens is 3. The summed E-state index contributed by atoms with van der Waals surface area (Å²) < 4.78 is 69.2. The molecule has 0 saturated heterocycles. The quantitative estimate of drug-likeness (QED) is 0.571. The zero-order chi connectivity index (χ0) is 10.7. The molecule has 0 saturated carbocycles. The van der Waals surface area contributed by atoms with E-state index in [9.17, 15) is 21.6 Å². The first-order chi connectivity index (χ1) is 5.64. The van der Waals surface area contributed by atoms with Crippen molar-refractivity contribution in [3.63, 3.8) is 0 Å². The van der Waals surface area contributed by atoms with Crippen molar-refractivity contribution in [2.75, 3.05) is 0 Å². The van der Waals surface area contributed by atoms with Crippen LogP contribution in [-0.4, -0.2) is 25.6 Å². The molecule has 0 amide bonds. The minimum atomic E-state index is -5.01. The van der Waals surface area contributed by atoms with Crippen LogP contribution in [-0.2, 0) is 19.3 Å². The maximum Gasteiger partial charge on any atom is 0.524 e. The first-order valence-electron chi connectivity index (χ1n) is 3.04. The first kappa shape index (κ1) is 12.6. The van der Waals surface area contributed by atoms with Crippen LogP contribution in [0.2, 0.25) is 0 Å². The Morgan fingerprint density at radius 3 is 2.15 bits per heavy atom. The summed E-state index contributed by atoms with van der Waals surface area (Å²) in [7, 11) is -4.93. The molecule has 0 spiro atoms. The highest BCUT2D eigenvalue weighted by molar-refractivity contribution is 7.80. The number of ether oxygens (including phenoxy) is 1. The normalized spacial score (nSPS) is 15.8. The average Bonchev–Trinajstić information content (AvgIpc) is 1.79. The van der Waals surface area contributed by atoms with E-state index in [0.717, 1.165) is 0 Å². The number of rotatable bonds is 4. The van der Waals surface area contributed by atoms with Gasteiger partial charge in [0.1, 0.15) is 0 Å². The molecule has 0 rings (SSSR count). The molecule has 0 aliphatic carbocycles. The van der Waals surface area contributed by atoms with E-state index in [-0.39, 0.29) is 6.42 Å². The minimum absolute atomic E-state index is 0.376. The summed E-state index contributed by atoms with van der Waals surface area (Å²) in [6.45, 7) is 1.20. The number of alkyl halides is 3. The summed E-state index contributed by atoms with van der Waals surface area (Å²) in [5.41, 5.74) is 0. The summed E-state index contributed by atoms with van der Waals surface area (Å²) in [5, 5.41) is 0. The van der Waals surface area contributed by atoms with Gasteiger partial charge in [0.25, 0.3) is 0 Å². The van der Waals surface area contributed by atoms with E-state index in [4.69, 9.17) is 4.55 Å². The van der Waals surface area contributed by atoms with Crippen molar-refractivity contribution < 1.29 is 35.1 Å². The van der Waals surface area contributed by atoms with E-state index >= 15 is 0 Å². The molecule has 0 heterocycles. The lowest BCUT2D eigenvalue weighted by molar-refractivity contribution is -0.367. The van der Waals surface area contributed by atoms with E-state index in [1.54, 1.807) is 0 Å². The Balaban J connectivity index is 4.22. The molecule has 0 aromatic carbocycles. The van der Waals surface area contributed by atoms with Crippen molar-refractivity contribution in [3.8, 4) is 0 Å². The van der Waals surface area contributed by atoms with Crippen LogP contribution in [0.5, 0.6) is 0 Å². The van der Waals surface area contributed by atoms with Crippen LogP contribution in [0.1, 0.15) is 13.3 Å². The van der Waals surface area contributed by atoms with Gasteiger partial charge in [-0.2, -0.15) is 8.42 Å². The highest BCUT2D eigenvalue weighted by atomic mass is 32.3. The zero-order valence-corrected chi connectivity index (χ0v) is 7.22. The maximum atomic E-state index is 11.5. The largest absolute Gasteiger partial charge is 0.524 e. The Bertz CT molecular complexity index is 245. The summed E-state index contributed by atoms with van der Waals surface area (Å²) in [6, 6.07) is 0. The topological polar surface area (TPSA) is 72.8 Å². The molecule has 9 heteroatoms. The highest BCUT2D eigenvalue weighted by Crippen LogP contribution is 2.21. The Morgan fingerprint density at radius 1 is 1.46 bits per heavy atom. The van der Waals surface area contributed by atoms with Crippen molar-refractivity contribution in [2.24, 2.45) is 0 Å². The summed E-state index contributed by atoms with van der Waals surface area (Å²) in [4.78, 5) is 0. The predicted octanol–water partition coefficient (Wildman–Crippen LogP) is 1.08. The second kappa shape index (κ2) is 4.22. The molecule has 13 heavy (non-hydrogen) atoms. The van der Waals surface area contributed by atoms with Crippen LogP contribution in [0.3, 0.4) is 0 Å². The van der Waals surface area contributed by atoms with Crippen molar-refractivity contribution >= 4 is 10.4 Å². The molecule has 1 N–H and O–H groups in total. The summed E-state index contributed by atoms with van der Waals surface area (Å²) in [5.74, 6) is 0. The summed E-state index contributed by atoms with van der Waals surface area (Å²) in [6.07, 6.45) is -7.44. The van der Waals surface area contributed by atoms with Gasteiger partial charge in [0.2, 0.25) is 0 Å². The third-order valence-electron chi connectivity index (χ3n) is 0.827. The summed E-state index contributed by atoms with van der Waals surface area (Å²) >= 11 is 0. The lowest BCUT2D eigenvalue weighted by Gasteiger charge is -2.15. The second-order valence-corrected chi connectivity index (χ2v) is 2.97. The van der Waals surface area contributed by atoms with Gasteiger partial charge in [0.15, 0.2) is 6.29 Å². The fourth-order valence-electron chi connectivity index (χ4n) is 0.456. The van der Waals surface area contributed by atoms with Crippen LogP contribution >= 0.6 is 0 Å². The van der Waals surface area contributed by atoms with Crippen molar-refractivity contribution in [1.29, 1.82) is 0 Å². The fourth-order valence-corrected chi connectivity index (χ4v) is 0.902. The molecule has 0 aromatic rings. The van der Waals surface area contributed by atoms with Crippen molar-refractivity contribution in [1.82, 2.24) is 0 Å². The van der Waals surface area contributed by atoms with Gasteiger partial charge in [-0.25, -0.2) is 4.18 Å². The van der Waals surface area contributed by atoms with E-state index in [2.05, 4.69) is 8.92 Å². The lowest BCUT2D eigenvalue weighted by atomic mass is 10.5. The van der Waals surface area contributed by atoms with Gasteiger partial charge >= 0.3 is 16.8 Å². The highest BCUT2D eigenvalue weighted by Gasteiger charge is 2.35.